The van der Waals surface area contributed by atoms with Gasteiger partial charge in [0.25, 0.3) is 0 Å². The SMILES string of the molecule is CC(NS(=O)(=O)c1ccccc1)c1cc(CCC(=O)O)cc(C(C)c2cccnc2)c1. The Hall–Kier alpha value is -3.03. The number of hydrogen-bond donors (Lipinski definition) is 2. The van der Waals surface area contributed by atoms with E-state index < -0.39 is 22.0 Å². The molecule has 7 heteroatoms. The molecular formula is C24H26N2O4S. The second kappa shape index (κ2) is 9.85. The Kier molecular flexibility index (Phi) is 7.20. The predicted molar refractivity (Wildman–Crippen MR) is 119 cm³/mol. The standard InChI is InChI=1S/C24H26N2O4S/c1-17(20-7-6-12-25-16-20)21-13-19(10-11-24(27)28)14-22(15-21)18(2)26-31(29,30)23-8-4-3-5-9-23/h3-9,12-18,26H,10-11H2,1-2H3,(H,27,28). The van der Waals surface area contributed by atoms with E-state index in [1.54, 1.807) is 49.6 Å². The molecule has 2 unspecified atom stereocenters. The van der Waals surface area contributed by atoms with Crippen LogP contribution in [0.15, 0.2) is 78.0 Å². The number of aromatic nitrogens is 1. The monoisotopic (exact) mass is 438 g/mol. The average Bonchev–Trinajstić information content (AvgIpc) is 2.78. The second-order valence-corrected chi connectivity index (χ2v) is 9.28. The van der Waals surface area contributed by atoms with Gasteiger partial charge in [0.15, 0.2) is 0 Å². The Morgan fingerprint density at radius 3 is 2.35 bits per heavy atom. The van der Waals surface area contributed by atoms with Gasteiger partial charge in [-0.05, 0) is 53.8 Å². The summed E-state index contributed by atoms with van der Waals surface area (Å²) in [5, 5.41) is 9.09. The molecule has 0 spiro atoms. The van der Waals surface area contributed by atoms with Crippen LogP contribution in [-0.2, 0) is 21.2 Å². The molecule has 0 radical (unpaired) electrons. The molecule has 1 aromatic heterocycles. The van der Waals surface area contributed by atoms with Crippen molar-refractivity contribution in [2.45, 2.75) is 43.5 Å². The van der Waals surface area contributed by atoms with Gasteiger partial charge in [-0.15, -0.1) is 0 Å². The van der Waals surface area contributed by atoms with Crippen molar-refractivity contribution in [3.63, 3.8) is 0 Å². The zero-order chi connectivity index (χ0) is 22.4. The lowest BCUT2D eigenvalue weighted by molar-refractivity contribution is -0.136. The zero-order valence-electron chi connectivity index (χ0n) is 17.5. The minimum Gasteiger partial charge on any atom is -0.481 e. The van der Waals surface area contributed by atoms with Crippen LogP contribution < -0.4 is 4.72 Å². The van der Waals surface area contributed by atoms with E-state index in [-0.39, 0.29) is 17.2 Å². The number of carbonyl (C=O) groups is 1. The summed E-state index contributed by atoms with van der Waals surface area (Å²) in [6, 6.07) is 17.4. The van der Waals surface area contributed by atoms with Crippen LogP contribution in [0, 0.1) is 0 Å². The molecule has 3 aromatic rings. The molecule has 0 amide bonds. The van der Waals surface area contributed by atoms with E-state index in [0.717, 1.165) is 22.3 Å². The normalized spacial score (nSPS) is 13.5. The molecule has 2 N–H and O–H groups in total. The van der Waals surface area contributed by atoms with Crippen LogP contribution in [0.2, 0.25) is 0 Å². The fourth-order valence-electron chi connectivity index (χ4n) is 3.43. The first-order valence-electron chi connectivity index (χ1n) is 10.1. The third kappa shape index (κ3) is 5.99. The van der Waals surface area contributed by atoms with Crippen LogP contribution in [-0.4, -0.2) is 24.5 Å². The molecule has 0 aliphatic carbocycles. The quantitative estimate of drug-likeness (QED) is 0.519. The molecule has 0 saturated heterocycles. The third-order valence-electron chi connectivity index (χ3n) is 5.23. The number of pyridine rings is 1. The molecule has 2 atom stereocenters. The summed E-state index contributed by atoms with van der Waals surface area (Å²) in [6.45, 7) is 3.84. The molecule has 0 bridgehead atoms. The number of carboxylic acids is 1. The highest BCUT2D eigenvalue weighted by atomic mass is 32.2. The van der Waals surface area contributed by atoms with E-state index in [2.05, 4.69) is 16.6 Å². The van der Waals surface area contributed by atoms with Crippen LogP contribution in [0.5, 0.6) is 0 Å². The lowest BCUT2D eigenvalue weighted by atomic mass is 9.89. The summed E-state index contributed by atoms with van der Waals surface area (Å²) >= 11 is 0. The number of rotatable bonds is 9. The molecular weight excluding hydrogens is 412 g/mol. The van der Waals surface area contributed by atoms with Crippen LogP contribution in [0.25, 0.3) is 0 Å². The predicted octanol–water partition coefficient (Wildman–Crippen LogP) is 4.29. The maximum atomic E-state index is 12.8. The van der Waals surface area contributed by atoms with Crippen LogP contribution in [0.3, 0.4) is 0 Å². The van der Waals surface area contributed by atoms with Crippen molar-refractivity contribution in [3.8, 4) is 0 Å². The van der Waals surface area contributed by atoms with Crippen molar-refractivity contribution < 1.29 is 18.3 Å². The number of nitrogens with zero attached hydrogens (tertiary/aromatic N) is 1. The molecule has 0 aliphatic heterocycles. The topological polar surface area (TPSA) is 96.4 Å². The maximum Gasteiger partial charge on any atom is 0.303 e. The fraction of sp³-hybridized carbons (Fsp3) is 0.250. The van der Waals surface area contributed by atoms with E-state index >= 15 is 0 Å². The van der Waals surface area contributed by atoms with Crippen LogP contribution in [0.4, 0.5) is 0 Å². The lowest BCUT2D eigenvalue weighted by Gasteiger charge is -2.20. The Bertz CT molecular complexity index is 1130. The Balaban J connectivity index is 1.94. The number of aryl methyl sites for hydroxylation is 1. The number of hydrogen-bond acceptors (Lipinski definition) is 4. The molecule has 1 heterocycles. The van der Waals surface area contributed by atoms with Gasteiger partial charge in [-0.25, -0.2) is 13.1 Å². The Morgan fingerprint density at radius 1 is 1.00 bits per heavy atom. The molecule has 3 rings (SSSR count). The van der Waals surface area contributed by atoms with Crippen molar-refractivity contribution in [2.24, 2.45) is 0 Å². The number of benzene rings is 2. The largest absolute Gasteiger partial charge is 0.481 e. The van der Waals surface area contributed by atoms with Crippen LogP contribution in [0.1, 0.15) is 54.5 Å². The number of nitrogens with one attached hydrogen (secondary N) is 1. The Labute approximate surface area is 183 Å². The van der Waals surface area contributed by atoms with Gasteiger partial charge in [0.1, 0.15) is 0 Å². The van der Waals surface area contributed by atoms with Crippen LogP contribution >= 0.6 is 0 Å². The highest BCUT2D eigenvalue weighted by Gasteiger charge is 2.20. The number of carboxylic acid groups (broad SMARTS) is 1. The number of aliphatic carboxylic acids is 1. The van der Waals surface area contributed by atoms with Gasteiger partial charge in [0.2, 0.25) is 10.0 Å². The summed E-state index contributed by atoms with van der Waals surface area (Å²) < 4.78 is 28.2. The number of sulfonamides is 1. The molecule has 31 heavy (non-hydrogen) atoms. The van der Waals surface area contributed by atoms with Gasteiger partial charge in [-0.1, -0.05) is 49.4 Å². The van der Waals surface area contributed by atoms with E-state index in [1.165, 1.54) is 0 Å². The highest BCUT2D eigenvalue weighted by molar-refractivity contribution is 7.89. The van der Waals surface area contributed by atoms with Crippen molar-refractivity contribution in [3.05, 3.63) is 95.3 Å². The molecule has 0 saturated carbocycles. The zero-order valence-corrected chi connectivity index (χ0v) is 18.3. The molecule has 6 nitrogen and oxygen atoms in total. The maximum absolute atomic E-state index is 12.8. The van der Waals surface area contributed by atoms with Gasteiger partial charge in [-0.3, -0.25) is 9.78 Å². The van der Waals surface area contributed by atoms with Gasteiger partial charge < -0.3 is 5.11 Å². The van der Waals surface area contributed by atoms with Gasteiger partial charge in [-0.2, -0.15) is 0 Å². The molecule has 0 aliphatic rings. The molecule has 0 fully saturated rings. The highest BCUT2D eigenvalue weighted by Crippen LogP contribution is 2.28. The van der Waals surface area contributed by atoms with E-state index in [4.69, 9.17) is 5.11 Å². The van der Waals surface area contributed by atoms with Crippen molar-refractivity contribution in [1.82, 2.24) is 9.71 Å². The first-order valence-corrected chi connectivity index (χ1v) is 11.6. The average molecular weight is 439 g/mol. The summed E-state index contributed by atoms with van der Waals surface area (Å²) in [7, 11) is -3.69. The van der Waals surface area contributed by atoms with E-state index in [1.807, 2.05) is 30.3 Å². The minimum absolute atomic E-state index is 0.00822. The van der Waals surface area contributed by atoms with E-state index in [0.29, 0.717) is 6.42 Å². The van der Waals surface area contributed by atoms with E-state index in [9.17, 15) is 13.2 Å². The minimum atomic E-state index is -3.69. The van der Waals surface area contributed by atoms with Gasteiger partial charge >= 0.3 is 5.97 Å². The summed E-state index contributed by atoms with van der Waals surface area (Å²) in [5.41, 5.74) is 3.66. The summed E-state index contributed by atoms with van der Waals surface area (Å²) in [6.07, 6.45) is 3.89. The van der Waals surface area contributed by atoms with Gasteiger partial charge in [0, 0.05) is 30.8 Å². The first-order chi connectivity index (χ1) is 14.8. The van der Waals surface area contributed by atoms with Crippen molar-refractivity contribution in [2.75, 3.05) is 0 Å². The van der Waals surface area contributed by atoms with Crippen molar-refractivity contribution >= 4 is 16.0 Å². The first kappa shape index (κ1) is 22.7. The molecule has 162 valence electrons. The van der Waals surface area contributed by atoms with Crippen molar-refractivity contribution in [1.29, 1.82) is 0 Å². The second-order valence-electron chi connectivity index (χ2n) is 7.57. The molecule has 2 aromatic carbocycles. The Morgan fingerprint density at radius 2 is 1.71 bits per heavy atom. The smallest absolute Gasteiger partial charge is 0.303 e. The lowest BCUT2D eigenvalue weighted by Crippen LogP contribution is -2.27. The fourth-order valence-corrected chi connectivity index (χ4v) is 4.69. The summed E-state index contributed by atoms with van der Waals surface area (Å²) in [4.78, 5) is 15.5. The van der Waals surface area contributed by atoms with Gasteiger partial charge in [0.05, 0.1) is 4.90 Å². The summed E-state index contributed by atoms with van der Waals surface area (Å²) in [5.74, 6) is -0.847. The third-order valence-corrected chi connectivity index (χ3v) is 6.79.